The zero-order valence-electron chi connectivity index (χ0n) is 6.97. The fraction of sp³-hybridized carbons (Fsp3) is 0.400. The molecule has 0 amide bonds. The molecular weight excluding hydrogens is 139 g/mol. The SMILES string of the molecule is CCC1=CC=CC(C)C=C1F. The Kier molecular flexibility index (Phi) is 2.64. The molecular formula is C10H13F. The summed E-state index contributed by atoms with van der Waals surface area (Å²) < 4.78 is 13.1. The van der Waals surface area contributed by atoms with Crippen molar-refractivity contribution in [2.24, 2.45) is 5.92 Å². The molecule has 1 unspecified atom stereocenters. The molecule has 1 rings (SSSR count). The summed E-state index contributed by atoms with van der Waals surface area (Å²) in [5.74, 6) is 0.153. The van der Waals surface area contributed by atoms with E-state index in [0.717, 1.165) is 12.0 Å². The molecule has 0 bridgehead atoms. The molecule has 60 valence electrons. The summed E-state index contributed by atoms with van der Waals surface area (Å²) in [6.45, 7) is 3.94. The molecule has 0 N–H and O–H groups in total. The molecule has 0 fully saturated rings. The van der Waals surface area contributed by atoms with Gasteiger partial charge in [-0.05, 0) is 24.0 Å². The van der Waals surface area contributed by atoms with Crippen molar-refractivity contribution in [1.29, 1.82) is 0 Å². The van der Waals surface area contributed by atoms with Crippen LogP contribution in [-0.2, 0) is 0 Å². The highest BCUT2D eigenvalue weighted by Gasteiger charge is 2.05. The van der Waals surface area contributed by atoms with Crippen LogP contribution in [0.25, 0.3) is 0 Å². The second-order valence-corrected chi connectivity index (χ2v) is 2.80. The van der Waals surface area contributed by atoms with E-state index in [1.54, 1.807) is 6.08 Å². The van der Waals surface area contributed by atoms with Crippen LogP contribution < -0.4 is 0 Å². The zero-order chi connectivity index (χ0) is 8.27. The normalized spacial score (nSPS) is 24.1. The summed E-state index contributed by atoms with van der Waals surface area (Å²) in [7, 11) is 0. The number of allylic oxidation sites excluding steroid dienone is 6. The maximum Gasteiger partial charge on any atom is 0.122 e. The fourth-order valence-corrected chi connectivity index (χ4v) is 1.11. The first-order valence-electron chi connectivity index (χ1n) is 3.99. The predicted octanol–water partition coefficient (Wildman–Crippen LogP) is 3.38. The molecule has 0 saturated heterocycles. The van der Waals surface area contributed by atoms with Gasteiger partial charge in [0.05, 0.1) is 0 Å². The molecule has 0 aromatic heterocycles. The molecule has 0 aromatic carbocycles. The highest BCUT2D eigenvalue weighted by molar-refractivity contribution is 5.32. The Labute approximate surface area is 67.1 Å². The third kappa shape index (κ3) is 2.04. The van der Waals surface area contributed by atoms with Crippen molar-refractivity contribution in [2.75, 3.05) is 0 Å². The van der Waals surface area contributed by atoms with E-state index >= 15 is 0 Å². The summed E-state index contributed by atoms with van der Waals surface area (Å²) in [6.07, 6.45) is 8.17. The molecule has 0 aromatic rings. The van der Waals surface area contributed by atoms with Gasteiger partial charge in [0.15, 0.2) is 0 Å². The van der Waals surface area contributed by atoms with Crippen LogP contribution in [0.3, 0.4) is 0 Å². The molecule has 1 aliphatic rings. The van der Waals surface area contributed by atoms with Crippen molar-refractivity contribution in [3.05, 3.63) is 35.7 Å². The van der Waals surface area contributed by atoms with E-state index in [2.05, 4.69) is 0 Å². The minimum absolute atomic E-state index is 0.0648. The lowest BCUT2D eigenvalue weighted by atomic mass is 10.1. The molecule has 11 heavy (non-hydrogen) atoms. The Hall–Kier alpha value is -0.850. The lowest BCUT2D eigenvalue weighted by Gasteiger charge is -1.99. The van der Waals surface area contributed by atoms with Crippen LogP contribution in [0.5, 0.6) is 0 Å². The second-order valence-electron chi connectivity index (χ2n) is 2.80. The molecule has 0 radical (unpaired) electrons. The molecule has 1 aliphatic carbocycles. The van der Waals surface area contributed by atoms with Crippen molar-refractivity contribution in [1.82, 2.24) is 0 Å². The zero-order valence-corrected chi connectivity index (χ0v) is 6.97. The van der Waals surface area contributed by atoms with Crippen LogP contribution in [0.15, 0.2) is 35.7 Å². The van der Waals surface area contributed by atoms with E-state index in [1.807, 2.05) is 32.1 Å². The fourth-order valence-electron chi connectivity index (χ4n) is 1.11. The van der Waals surface area contributed by atoms with Crippen LogP contribution in [-0.4, -0.2) is 0 Å². The quantitative estimate of drug-likeness (QED) is 0.540. The average Bonchev–Trinajstić information content (AvgIpc) is 2.11. The Bertz CT molecular complexity index is 221. The third-order valence-corrected chi connectivity index (χ3v) is 1.81. The van der Waals surface area contributed by atoms with E-state index in [0.29, 0.717) is 0 Å². The van der Waals surface area contributed by atoms with Crippen LogP contribution in [0.4, 0.5) is 4.39 Å². The number of hydrogen-bond acceptors (Lipinski definition) is 0. The van der Waals surface area contributed by atoms with Crippen LogP contribution in [0, 0.1) is 5.92 Å². The Morgan fingerprint density at radius 2 is 2.27 bits per heavy atom. The number of halogens is 1. The van der Waals surface area contributed by atoms with Gasteiger partial charge in [0.25, 0.3) is 0 Å². The summed E-state index contributed by atoms with van der Waals surface area (Å²) in [4.78, 5) is 0. The van der Waals surface area contributed by atoms with Gasteiger partial charge < -0.3 is 0 Å². The van der Waals surface area contributed by atoms with Crippen LogP contribution in [0.2, 0.25) is 0 Å². The smallest absolute Gasteiger partial charge is 0.122 e. The number of hydrogen-bond donors (Lipinski definition) is 0. The summed E-state index contributed by atoms with van der Waals surface area (Å²) in [5, 5.41) is 0. The Balaban J connectivity index is 2.88. The molecule has 0 saturated carbocycles. The summed E-state index contributed by atoms with van der Waals surface area (Å²) >= 11 is 0. The highest BCUT2D eigenvalue weighted by Crippen LogP contribution is 2.20. The standard InChI is InChI=1S/C10H13F/c1-3-9-6-4-5-8(2)7-10(9)11/h4-8H,3H2,1-2H3. The van der Waals surface area contributed by atoms with Gasteiger partial charge in [-0.2, -0.15) is 0 Å². The monoisotopic (exact) mass is 152 g/mol. The largest absolute Gasteiger partial charge is 0.207 e. The first kappa shape index (κ1) is 8.25. The van der Waals surface area contributed by atoms with Gasteiger partial charge in [0, 0.05) is 0 Å². The van der Waals surface area contributed by atoms with E-state index in [9.17, 15) is 4.39 Å². The number of rotatable bonds is 1. The van der Waals surface area contributed by atoms with Gasteiger partial charge >= 0.3 is 0 Å². The lowest BCUT2D eigenvalue weighted by molar-refractivity contribution is 0.631. The predicted molar refractivity (Wildman–Crippen MR) is 45.9 cm³/mol. The third-order valence-electron chi connectivity index (χ3n) is 1.81. The first-order chi connectivity index (χ1) is 5.24. The van der Waals surface area contributed by atoms with Gasteiger partial charge in [-0.15, -0.1) is 0 Å². The molecule has 0 aliphatic heterocycles. The van der Waals surface area contributed by atoms with Gasteiger partial charge in [-0.25, -0.2) is 4.39 Å². The van der Waals surface area contributed by atoms with E-state index in [-0.39, 0.29) is 11.7 Å². The minimum Gasteiger partial charge on any atom is -0.207 e. The molecule has 0 heterocycles. The van der Waals surface area contributed by atoms with Gasteiger partial charge in [-0.1, -0.05) is 32.1 Å². The highest BCUT2D eigenvalue weighted by atomic mass is 19.1. The molecule has 0 spiro atoms. The van der Waals surface area contributed by atoms with Crippen LogP contribution >= 0.6 is 0 Å². The van der Waals surface area contributed by atoms with Crippen molar-refractivity contribution in [3.8, 4) is 0 Å². The molecule has 1 heteroatoms. The Morgan fingerprint density at radius 3 is 2.91 bits per heavy atom. The summed E-state index contributed by atoms with van der Waals surface area (Å²) in [5.41, 5.74) is 0.797. The van der Waals surface area contributed by atoms with E-state index in [1.165, 1.54) is 0 Å². The maximum atomic E-state index is 13.1. The molecule has 0 nitrogen and oxygen atoms in total. The minimum atomic E-state index is -0.0648. The van der Waals surface area contributed by atoms with E-state index < -0.39 is 0 Å². The lowest BCUT2D eigenvalue weighted by Crippen LogP contribution is -1.84. The van der Waals surface area contributed by atoms with E-state index in [4.69, 9.17) is 0 Å². The van der Waals surface area contributed by atoms with Gasteiger partial charge in [0.2, 0.25) is 0 Å². The second kappa shape index (κ2) is 3.51. The van der Waals surface area contributed by atoms with Gasteiger partial charge in [0.1, 0.15) is 5.83 Å². The van der Waals surface area contributed by atoms with Crippen molar-refractivity contribution in [3.63, 3.8) is 0 Å². The van der Waals surface area contributed by atoms with Crippen molar-refractivity contribution < 1.29 is 4.39 Å². The maximum absolute atomic E-state index is 13.1. The topological polar surface area (TPSA) is 0 Å². The Morgan fingerprint density at radius 1 is 1.55 bits per heavy atom. The van der Waals surface area contributed by atoms with Crippen molar-refractivity contribution >= 4 is 0 Å². The van der Waals surface area contributed by atoms with Crippen LogP contribution in [0.1, 0.15) is 20.3 Å². The molecule has 1 atom stereocenters. The summed E-state index contributed by atoms with van der Waals surface area (Å²) in [6, 6.07) is 0. The first-order valence-corrected chi connectivity index (χ1v) is 3.99. The van der Waals surface area contributed by atoms with Crippen molar-refractivity contribution in [2.45, 2.75) is 20.3 Å². The van der Waals surface area contributed by atoms with Gasteiger partial charge in [-0.3, -0.25) is 0 Å². The average molecular weight is 152 g/mol.